The number of para-hydroxylation sites is 1. The molecule has 3 rings (SSSR count). The molecule has 166 valence electrons. The van der Waals surface area contributed by atoms with E-state index in [9.17, 15) is 13.2 Å². The smallest absolute Gasteiger partial charge is 0.265 e. The van der Waals surface area contributed by atoms with Crippen molar-refractivity contribution in [2.24, 2.45) is 10.9 Å². The van der Waals surface area contributed by atoms with Crippen molar-refractivity contribution in [2.75, 3.05) is 23.3 Å². The lowest BCUT2D eigenvalue weighted by Gasteiger charge is -2.19. The molecule has 0 aliphatic rings. The minimum Gasteiger partial charge on any atom is -0.384 e. The highest BCUT2D eigenvalue weighted by Crippen LogP contribution is 2.23. The molecule has 1 amide bonds. The van der Waals surface area contributed by atoms with Gasteiger partial charge in [-0.1, -0.05) is 53.2 Å². The largest absolute Gasteiger partial charge is 0.384 e. The number of carbonyl (C=O) groups excluding carboxylic acids is 1. The quantitative estimate of drug-likeness (QED) is 0.296. The minimum atomic E-state index is -3.81. The van der Waals surface area contributed by atoms with Gasteiger partial charge in [0.05, 0.1) is 10.6 Å². The van der Waals surface area contributed by atoms with Gasteiger partial charge in [-0.25, -0.2) is 8.42 Å². The third kappa shape index (κ3) is 5.77. The van der Waals surface area contributed by atoms with Gasteiger partial charge in [0.15, 0.2) is 12.4 Å². The summed E-state index contributed by atoms with van der Waals surface area (Å²) in [5.74, 6) is -0.462. The molecule has 0 aliphatic heterocycles. The van der Waals surface area contributed by atoms with E-state index in [-0.39, 0.29) is 10.7 Å². The van der Waals surface area contributed by atoms with Crippen molar-refractivity contribution in [2.45, 2.75) is 4.90 Å². The first kappa shape index (κ1) is 23.1. The van der Waals surface area contributed by atoms with Crippen LogP contribution in [0.1, 0.15) is 5.56 Å². The molecule has 32 heavy (non-hydrogen) atoms. The highest BCUT2D eigenvalue weighted by atomic mass is 35.5. The molecular formula is C22H21ClN4O4S. The van der Waals surface area contributed by atoms with Crippen LogP contribution in [0, 0.1) is 0 Å². The molecule has 0 atom stereocenters. The number of halogens is 1. The van der Waals surface area contributed by atoms with Crippen LogP contribution in [0.2, 0.25) is 5.02 Å². The molecule has 3 aromatic rings. The van der Waals surface area contributed by atoms with E-state index in [1.165, 1.54) is 29.6 Å². The number of hydrogen-bond donors (Lipinski definition) is 2. The molecule has 0 aromatic heterocycles. The van der Waals surface area contributed by atoms with Crippen LogP contribution in [-0.4, -0.2) is 33.8 Å². The Labute approximate surface area is 191 Å². The molecule has 0 spiro atoms. The average molecular weight is 473 g/mol. The zero-order valence-electron chi connectivity index (χ0n) is 17.1. The number of rotatable bonds is 8. The average Bonchev–Trinajstić information content (AvgIpc) is 2.79. The normalized spacial score (nSPS) is 11.6. The number of oxime groups is 1. The second kappa shape index (κ2) is 10.2. The summed E-state index contributed by atoms with van der Waals surface area (Å²) in [4.78, 5) is 17.2. The van der Waals surface area contributed by atoms with Crippen LogP contribution >= 0.6 is 11.6 Å². The van der Waals surface area contributed by atoms with Crippen LogP contribution in [0.15, 0.2) is 88.9 Å². The number of amidine groups is 1. The first-order valence-corrected chi connectivity index (χ1v) is 11.2. The van der Waals surface area contributed by atoms with Gasteiger partial charge in [-0.3, -0.25) is 9.10 Å². The lowest BCUT2D eigenvalue weighted by molar-refractivity contribution is -0.120. The van der Waals surface area contributed by atoms with Crippen LogP contribution in [-0.2, 0) is 19.7 Å². The van der Waals surface area contributed by atoms with E-state index in [2.05, 4.69) is 10.5 Å². The Hall–Kier alpha value is -3.56. The number of sulfonamides is 1. The summed E-state index contributed by atoms with van der Waals surface area (Å²) < 4.78 is 27.0. The van der Waals surface area contributed by atoms with Gasteiger partial charge in [0.2, 0.25) is 0 Å². The maximum atomic E-state index is 12.9. The van der Waals surface area contributed by atoms with E-state index >= 15 is 0 Å². The number of nitrogens with two attached hydrogens (primary N) is 1. The second-order valence-corrected chi connectivity index (χ2v) is 9.05. The van der Waals surface area contributed by atoms with Crippen molar-refractivity contribution in [3.63, 3.8) is 0 Å². The van der Waals surface area contributed by atoms with Crippen molar-refractivity contribution >= 4 is 44.7 Å². The van der Waals surface area contributed by atoms with Gasteiger partial charge in [0.25, 0.3) is 15.9 Å². The lowest BCUT2D eigenvalue weighted by Crippen LogP contribution is -2.26. The molecule has 3 N–H and O–H groups in total. The van der Waals surface area contributed by atoms with Gasteiger partial charge in [0, 0.05) is 23.3 Å². The third-order valence-electron chi connectivity index (χ3n) is 4.37. The first-order chi connectivity index (χ1) is 15.3. The molecule has 0 fully saturated rings. The minimum absolute atomic E-state index is 0.0331. The predicted molar refractivity (Wildman–Crippen MR) is 125 cm³/mol. The molecule has 3 aromatic carbocycles. The number of hydrogen-bond acceptors (Lipinski definition) is 5. The summed E-state index contributed by atoms with van der Waals surface area (Å²) in [7, 11) is -2.35. The standard InChI is InChI=1S/C22H21ClN4O4S/c1-27(19-10-3-2-4-11-19)32(29,30)20-12-6-9-18(14-20)25-21(28)15-31-26-22(24)16-7-5-8-17(23)13-16/h2-14H,15H2,1H3,(H2,24,26)(H,25,28). The fraction of sp³-hybridized carbons (Fsp3) is 0.0909. The number of nitrogens with one attached hydrogen (secondary N) is 1. The van der Waals surface area contributed by atoms with Crippen molar-refractivity contribution in [3.8, 4) is 0 Å². The predicted octanol–water partition coefficient (Wildman–Crippen LogP) is 3.44. The first-order valence-electron chi connectivity index (χ1n) is 9.42. The van der Waals surface area contributed by atoms with Crippen molar-refractivity contribution < 1.29 is 18.0 Å². The van der Waals surface area contributed by atoms with Gasteiger partial charge in [0.1, 0.15) is 0 Å². The lowest BCUT2D eigenvalue weighted by atomic mass is 10.2. The molecule has 0 saturated heterocycles. The molecule has 0 saturated carbocycles. The molecule has 0 unspecified atom stereocenters. The zero-order chi connectivity index (χ0) is 23.1. The maximum Gasteiger partial charge on any atom is 0.265 e. The summed E-state index contributed by atoms with van der Waals surface area (Å²) >= 11 is 5.90. The van der Waals surface area contributed by atoms with Gasteiger partial charge < -0.3 is 15.9 Å². The van der Waals surface area contributed by atoms with E-state index in [1.54, 1.807) is 60.7 Å². The van der Waals surface area contributed by atoms with Gasteiger partial charge in [-0.05, 0) is 42.5 Å². The van der Waals surface area contributed by atoms with Crippen molar-refractivity contribution in [1.82, 2.24) is 0 Å². The molecule has 0 heterocycles. The van der Waals surface area contributed by atoms with E-state index < -0.39 is 22.5 Å². The zero-order valence-corrected chi connectivity index (χ0v) is 18.7. The van der Waals surface area contributed by atoms with Crippen LogP contribution in [0.25, 0.3) is 0 Å². The molecule has 8 nitrogen and oxygen atoms in total. The summed E-state index contributed by atoms with van der Waals surface area (Å²) in [6, 6.07) is 21.3. The summed E-state index contributed by atoms with van der Waals surface area (Å²) in [5, 5.41) is 6.77. The Morgan fingerprint density at radius 1 is 1.06 bits per heavy atom. The van der Waals surface area contributed by atoms with Crippen LogP contribution in [0.3, 0.4) is 0 Å². The Kier molecular flexibility index (Phi) is 7.34. The van der Waals surface area contributed by atoms with E-state index in [0.717, 1.165) is 0 Å². The fourth-order valence-electron chi connectivity index (χ4n) is 2.73. The number of amides is 1. The Bertz CT molecular complexity index is 1230. The summed E-state index contributed by atoms with van der Waals surface area (Å²) in [6.45, 7) is -0.415. The van der Waals surface area contributed by atoms with Crippen LogP contribution in [0.4, 0.5) is 11.4 Å². The highest BCUT2D eigenvalue weighted by Gasteiger charge is 2.21. The molecule has 10 heteroatoms. The summed E-state index contributed by atoms with van der Waals surface area (Å²) in [6.07, 6.45) is 0. The molecule has 0 bridgehead atoms. The van der Waals surface area contributed by atoms with Crippen molar-refractivity contribution in [3.05, 3.63) is 89.4 Å². The third-order valence-corrected chi connectivity index (χ3v) is 6.39. The number of carbonyl (C=O) groups is 1. The van der Waals surface area contributed by atoms with E-state index in [1.807, 2.05) is 0 Å². The Morgan fingerprint density at radius 3 is 2.50 bits per heavy atom. The molecule has 0 aliphatic carbocycles. The SMILES string of the molecule is CN(c1ccccc1)S(=O)(=O)c1cccc(NC(=O)CO/N=C(/N)c2cccc(Cl)c2)c1. The van der Waals surface area contributed by atoms with Crippen LogP contribution in [0.5, 0.6) is 0 Å². The number of nitrogens with zero attached hydrogens (tertiary/aromatic N) is 2. The van der Waals surface area contributed by atoms with Gasteiger partial charge in [-0.15, -0.1) is 0 Å². The second-order valence-electron chi connectivity index (χ2n) is 6.64. The maximum absolute atomic E-state index is 12.9. The van der Waals surface area contributed by atoms with E-state index in [4.69, 9.17) is 22.2 Å². The van der Waals surface area contributed by atoms with Gasteiger partial charge in [-0.2, -0.15) is 0 Å². The number of anilines is 2. The van der Waals surface area contributed by atoms with E-state index in [0.29, 0.717) is 22.0 Å². The molecule has 0 radical (unpaired) electrons. The topological polar surface area (TPSA) is 114 Å². The Balaban J connectivity index is 1.64. The summed E-state index contributed by atoms with van der Waals surface area (Å²) in [5.41, 5.74) is 7.18. The van der Waals surface area contributed by atoms with Crippen molar-refractivity contribution in [1.29, 1.82) is 0 Å². The Morgan fingerprint density at radius 2 is 1.78 bits per heavy atom. The number of benzene rings is 3. The fourth-order valence-corrected chi connectivity index (χ4v) is 4.16. The van der Waals surface area contributed by atoms with Gasteiger partial charge >= 0.3 is 0 Å². The monoisotopic (exact) mass is 472 g/mol. The molecular weight excluding hydrogens is 452 g/mol. The van der Waals surface area contributed by atoms with Crippen LogP contribution < -0.4 is 15.4 Å². The highest BCUT2D eigenvalue weighted by molar-refractivity contribution is 7.92.